The van der Waals surface area contributed by atoms with Crippen LogP contribution < -0.4 is 5.11 Å². The first-order valence-electron chi connectivity index (χ1n) is 1.85. The van der Waals surface area contributed by atoms with E-state index in [0.29, 0.717) is 0 Å². The standard InChI is InChI=1S/C4H8O2.Cu/c1-3(2)4(5)6;/h3H,1-2H3,(H,5,6);/q;+1/p-1. The number of carbonyl (C=O) groups excluding carboxylic acids is 1. The Labute approximate surface area is 53.4 Å². The van der Waals surface area contributed by atoms with Crippen molar-refractivity contribution in [1.29, 1.82) is 0 Å². The maximum Gasteiger partial charge on any atom is 1.00 e. The fourth-order valence-electron chi connectivity index (χ4n) is 0. The summed E-state index contributed by atoms with van der Waals surface area (Å²) in [6.07, 6.45) is 0. The van der Waals surface area contributed by atoms with E-state index in [1.54, 1.807) is 13.8 Å². The number of hydrogen-bond donors (Lipinski definition) is 0. The number of carbonyl (C=O) groups is 1. The van der Waals surface area contributed by atoms with E-state index in [-0.39, 0.29) is 23.0 Å². The van der Waals surface area contributed by atoms with Crippen LogP contribution >= 0.6 is 0 Å². The van der Waals surface area contributed by atoms with E-state index in [9.17, 15) is 9.90 Å². The topological polar surface area (TPSA) is 40.1 Å². The van der Waals surface area contributed by atoms with E-state index in [4.69, 9.17) is 0 Å². The average molecular weight is 151 g/mol. The minimum atomic E-state index is -0.991. The molecule has 0 aromatic rings. The molecular formula is C4H7CuO2. The van der Waals surface area contributed by atoms with Crippen LogP contribution in [0.1, 0.15) is 13.8 Å². The zero-order valence-corrected chi connectivity index (χ0v) is 5.14. The number of aliphatic carboxylic acids is 1. The minimum absolute atomic E-state index is 0. The monoisotopic (exact) mass is 150 g/mol. The second-order valence-electron chi connectivity index (χ2n) is 1.47. The molecule has 0 saturated carbocycles. The Balaban J connectivity index is 0. The molecule has 0 aliphatic carbocycles. The molecule has 0 aromatic carbocycles. The molecule has 0 heterocycles. The number of carboxylic acid groups (broad SMARTS) is 1. The second kappa shape index (κ2) is 4.16. The molecule has 7 heavy (non-hydrogen) atoms. The Morgan fingerprint density at radius 1 is 1.57 bits per heavy atom. The van der Waals surface area contributed by atoms with Gasteiger partial charge in [0.25, 0.3) is 0 Å². The fourth-order valence-corrected chi connectivity index (χ4v) is 0. The van der Waals surface area contributed by atoms with Crippen LogP contribution in [-0.4, -0.2) is 5.97 Å². The molecule has 0 atom stereocenters. The third-order valence-electron chi connectivity index (χ3n) is 0.471. The van der Waals surface area contributed by atoms with Crippen molar-refractivity contribution in [2.45, 2.75) is 13.8 Å². The van der Waals surface area contributed by atoms with Crippen LogP contribution in [0.5, 0.6) is 0 Å². The van der Waals surface area contributed by atoms with Crippen molar-refractivity contribution in [2.24, 2.45) is 5.92 Å². The quantitative estimate of drug-likeness (QED) is 0.468. The Morgan fingerprint density at radius 2 is 1.71 bits per heavy atom. The van der Waals surface area contributed by atoms with Crippen molar-refractivity contribution in [1.82, 2.24) is 0 Å². The predicted octanol–water partition coefficient (Wildman–Crippen LogP) is -0.610. The van der Waals surface area contributed by atoms with Gasteiger partial charge in [0.1, 0.15) is 0 Å². The first kappa shape index (κ1) is 10.1. The van der Waals surface area contributed by atoms with E-state index in [1.807, 2.05) is 0 Å². The van der Waals surface area contributed by atoms with Crippen molar-refractivity contribution in [3.8, 4) is 0 Å². The summed E-state index contributed by atoms with van der Waals surface area (Å²) in [7, 11) is 0. The van der Waals surface area contributed by atoms with E-state index >= 15 is 0 Å². The summed E-state index contributed by atoms with van der Waals surface area (Å²) < 4.78 is 0. The van der Waals surface area contributed by atoms with Gasteiger partial charge in [-0.2, -0.15) is 0 Å². The van der Waals surface area contributed by atoms with E-state index in [1.165, 1.54) is 0 Å². The Kier molecular flexibility index (Phi) is 5.98. The number of carboxylic acids is 1. The van der Waals surface area contributed by atoms with Crippen LogP contribution in [0.4, 0.5) is 0 Å². The maximum absolute atomic E-state index is 9.59. The smallest absolute Gasteiger partial charge is 0.550 e. The summed E-state index contributed by atoms with van der Waals surface area (Å²) in [5.74, 6) is -1.33. The first-order chi connectivity index (χ1) is 2.64. The molecule has 0 aromatic heterocycles. The van der Waals surface area contributed by atoms with Crippen LogP contribution in [0, 0.1) is 5.92 Å². The van der Waals surface area contributed by atoms with Gasteiger partial charge in [0.15, 0.2) is 0 Å². The largest absolute Gasteiger partial charge is 1.00 e. The van der Waals surface area contributed by atoms with Crippen LogP contribution in [0.25, 0.3) is 0 Å². The van der Waals surface area contributed by atoms with Gasteiger partial charge in [0, 0.05) is 5.97 Å². The molecule has 2 nitrogen and oxygen atoms in total. The summed E-state index contributed by atoms with van der Waals surface area (Å²) >= 11 is 0. The Morgan fingerprint density at radius 3 is 1.71 bits per heavy atom. The van der Waals surface area contributed by atoms with E-state index < -0.39 is 5.97 Å². The molecule has 46 valence electrons. The van der Waals surface area contributed by atoms with E-state index in [0.717, 1.165) is 0 Å². The van der Waals surface area contributed by atoms with Crippen LogP contribution in [-0.2, 0) is 21.9 Å². The minimum Gasteiger partial charge on any atom is -0.550 e. The average Bonchev–Trinajstić information content (AvgIpc) is 1.36. The van der Waals surface area contributed by atoms with Crippen molar-refractivity contribution < 1.29 is 27.0 Å². The molecule has 0 unspecified atom stereocenters. The van der Waals surface area contributed by atoms with Crippen molar-refractivity contribution >= 4 is 5.97 Å². The molecule has 0 bridgehead atoms. The van der Waals surface area contributed by atoms with Crippen molar-refractivity contribution in [2.75, 3.05) is 0 Å². The molecular weight excluding hydrogens is 144 g/mol. The maximum atomic E-state index is 9.59. The summed E-state index contributed by atoms with van der Waals surface area (Å²) in [5, 5.41) is 9.59. The van der Waals surface area contributed by atoms with Gasteiger partial charge in [-0.15, -0.1) is 0 Å². The predicted molar refractivity (Wildman–Crippen MR) is 19.8 cm³/mol. The molecule has 0 rings (SSSR count). The zero-order chi connectivity index (χ0) is 5.15. The van der Waals surface area contributed by atoms with Gasteiger partial charge in [0.2, 0.25) is 0 Å². The van der Waals surface area contributed by atoms with Gasteiger partial charge >= 0.3 is 17.1 Å². The second-order valence-corrected chi connectivity index (χ2v) is 1.47. The summed E-state index contributed by atoms with van der Waals surface area (Å²) in [5.41, 5.74) is 0. The number of hydrogen-bond acceptors (Lipinski definition) is 2. The normalized spacial score (nSPS) is 7.86. The zero-order valence-electron chi connectivity index (χ0n) is 4.20. The molecule has 0 N–H and O–H groups in total. The molecule has 0 aliphatic rings. The molecule has 0 spiro atoms. The summed E-state index contributed by atoms with van der Waals surface area (Å²) in [6, 6.07) is 0. The van der Waals surface area contributed by atoms with Gasteiger partial charge in [-0.1, -0.05) is 13.8 Å². The van der Waals surface area contributed by atoms with Gasteiger partial charge in [-0.25, -0.2) is 0 Å². The van der Waals surface area contributed by atoms with Gasteiger partial charge < -0.3 is 9.90 Å². The van der Waals surface area contributed by atoms with Crippen LogP contribution in [0.3, 0.4) is 0 Å². The molecule has 0 amide bonds. The molecule has 0 radical (unpaired) electrons. The number of rotatable bonds is 1. The third-order valence-corrected chi connectivity index (χ3v) is 0.471. The first-order valence-corrected chi connectivity index (χ1v) is 1.85. The van der Waals surface area contributed by atoms with Gasteiger partial charge in [-0.05, 0) is 5.92 Å². The van der Waals surface area contributed by atoms with Crippen LogP contribution in [0.15, 0.2) is 0 Å². The summed E-state index contributed by atoms with van der Waals surface area (Å²) in [6.45, 7) is 3.16. The van der Waals surface area contributed by atoms with Gasteiger partial charge in [0.05, 0.1) is 0 Å². The SMILES string of the molecule is CC(C)C(=O)[O-].[Cu+]. The van der Waals surface area contributed by atoms with Crippen molar-refractivity contribution in [3.05, 3.63) is 0 Å². The Bertz CT molecular complexity index is 60.7. The van der Waals surface area contributed by atoms with Crippen LogP contribution in [0.2, 0.25) is 0 Å². The van der Waals surface area contributed by atoms with Gasteiger partial charge in [-0.3, -0.25) is 0 Å². The third kappa shape index (κ3) is 5.99. The summed E-state index contributed by atoms with van der Waals surface area (Å²) in [4.78, 5) is 9.59. The molecule has 0 aliphatic heterocycles. The molecule has 0 fully saturated rings. The molecule has 0 saturated heterocycles. The molecule has 3 heteroatoms. The fraction of sp³-hybridized carbons (Fsp3) is 0.750. The Hall–Kier alpha value is -0.0105. The van der Waals surface area contributed by atoms with E-state index in [2.05, 4.69) is 0 Å². The van der Waals surface area contributed by atoms with Crippen molar-refractivity contribution in [3.63, 3.8) is 0 Å².